The Morgan fingerprint density at radius 2 is 1.41 bits per heavy atom. The van der Waals surface area contributed by atoms with Gasteiger partial charge < -0.3 is 24.4 Å². The summed E-state index contributed by atoms with van der Waals surface area (Å²) in [5, 5.41) is 2.99. The third-order valence-corrected chi connectivity index (χ3v) is 4.82. The van der Waals surface area contributed by atoms with E-state index in [9.17, 15) is 9.59 Å². The maximum Gasteiger partial charge on any atom is 0.261 e. The minimum absolute atomic E-state index is 0.179. The monoisotopic (exact) mass is 442 g/mol. The highest BCUT2D eigenvalue weighted by atomic mass is 16.5. The second-order valence-electron chi connectivity index (χ2n) is 8.50. The van der Waals surface area contributed by atoms with Gasteiger partial charge in [-0.25, -0.2) is 0 Å². The van der Waals surface area contributed by atoms with E-state index in [2.05, 4.69) is 5.32 Å². The summed E-state index contributed by atoms with van der Waals surface area (Å²) in [4.78, 5) is 27.8. The van der Waals surface area contributed by atoms with Gasteiger partial charge in [-0.3, -0.25) is 9.59 Å². The molecular weight excluding hydrogens is 408 g/mol. The largest absolute Gasteiger partial charge is 0.497 e. The first kappa shape index (κ1) is 25.0. The summed E-state index contributed by atoms with van der Waals surface area (Å²) in [6.07, 6.45) is 0.479. The van der Waals surface area contributed by atoms with Gasteiger partial charge in [0, 0.05) is 12.1 Å². The molecule has 7 heteroatoms. The Hall–Kier alpha value is -3.22. The van der Waals surface area contributed by atoms with Crippen molar-refractivity contribution in [1.29, 1.82) is 0 Å². The Balaban J connectivity index is 2.21. The van der Waals surface area contributed by atoms with Crippen LogP contribution in [-0.4, -0.2) is 49.1 Å². The summed E-state index contributed by atoms with van der Waals surface area (Å²) in [7, 11) is 3.19. The molecule has 1 N–H and O–H groups in total. The normalized spacial score (nSPS) is 11.9. The highest BCUT2D eigenvalue weighted by Crippen LogP contribution is 2.19. The number of carbonyl (C=O) groups excluding carboxylic acids is 2. The molecule has 0 saturated heterocycles. The SMILES string of the molecule is CC[C@H](C(=O)NC(C)(C)C)N(Cc1ccc(OC)cc1)C(=O)COc1ccc(OC)cc1. The van der Waals surface area contributed by atoms with Crippen LogP contribution in [0.2, 0.25) is 0 Å². The fraction of sp³-hybridized carbons (Fsp3) is 0.440. The van der Waals surface area contributed by atoms with Crippen LogP contribution >= 0.6 is 0 Å². The van der Waals surface area contributed by atoms with Gasteiger partial charge >= 0.3 is 0 Å². The van der Waals surface area contributed by atoms with E-state index in [-0.39, 0.29) is 25.0 Å². The molecular formula is C25H34N2O5. The molecule has 2 aromatic rings. The number of nitrogens with zero attached hydrogens (tertiary/aromatic N) is 1. The van der Waals surface area contributed by atoms with E-state index < -0.39 is 11.6 Å². The van der Waals surface area contributed by atoms with E-state index in [0.717, 1.165) is 11.3 Å². The third-order valence-electron chi connectivity index (χ3n) is 4.82. The van der Waals surface area contributed by atoms with Crippen LogP contribution in [0.25, 0.3) is 0 Å². The van der Waals surface area contributed by atoms with Crippen molar-refractivity contribution >= 4 is 11.8 Å². The van der Waals surface area contributed by atoms with Crippen LogP contribution in [-0.2, 0) is 16.1 Å². The molecule has 0 spiro atoms. The number of nitrogens with one attached hydrogen (secondary N) is 1. The molecule has 174 valence electrons. The summed E-state index contributed by atoms with van der Waals surface area (Å²) in [6, 6.07) is 13.8. The maximum atomic E-state index is 13.2. The lowest BCUT2D eigenvalue weighted by atomic mass is 10.1. The standard InChI is InChI=1S/C25H34N2O5/c1-7-22(24(29)26-25(2,3)4)27(16-18-8-10-19(30-5)11-9-18)23(28)17-32-21-14-12-20(31-6)13-15-21/h8-15,22H,7,16-17H2,1-6H3,(H,26,29)/t22-/m1/s1. The zero-order valence-electron chi connectivity index (χ0n) is 19.8. The second-order valence-corrected chi connectivity index (χ2v) is 8.50. The van der Waals surface area contributed by atoms with Crippen molar-refractivity contribution in [3.63, 3.8) is 0 Å². The molecule has 2 rings (SSSR count). The summed E-state index contributed by atoms with van der Waals surface area (Å²) < 4.78 is 16.1. The first-order chi connectivity index (χ1) is 15.2. The predicted octanol–water partition coefficient (Wildman–Crippen LogP) is 3.80. The Kier molecular flexibility index (Phi) is 8.93. The number of rotatable bonds is 10. The molecule has 0 aliphatic heterocycles. The number of methoxy groups -OCH3 is 2. The van der Waals surface area contributed by atoms with Gasteiger partial charge in [0.05, 0.1) is 14.2 Å². The zero-order chi connectivity index (χ0) is 23.7. The summed E-state index contributed by atoms with van der Waals surface area (Å²) in [5.41, 5.74) is 0.490. The highest BCUT2D eigenvalue weighted by molar-refractivity contribution is 5.88. The third kappa shape index (κ3) is 7.48. The summed E-state index contributed by atoms with van der Waals surface area (Å²) >= 11 is 0. The van der Waals surface area contributed by atoms with Crippen LogP contribution in [0.15, 0.2) is 48.5 Å². The second kappa shape index (κ2) is 11.4. The lowest BCUT2D eigenvalue weighted by Gasteiger charge is -2.33. The van der Waals surface area contributed by atoms with Gasteiger partial charge in [0.15, 0.2) is 6.61 Å². The van der Waals surface area contributed by atoms with Crippen molar-refractivity contribution in [1.82, 2.24) is 10.2 Å². The fourth-order valence-electron chi connectivity index (χ4n) is 3.20. The van der Waals surface area contributed by atoms with Gasteiger partial charge in [-0.15, -0.1) is 0 Å². The van der Waals surface area contributed by atoms with E-state index in [0.29, 0.717) is 17.9 Å². The number of ether oxygens (including phenoxy) is 3. The van der Waals surface area contributed by atoms with Crippen LogP contribution in [0.3, 0.4) is 0 Å². The molecule has 32 heavy (non-hydrogen) atoms. The quantitative estimate of drug-likeness (QED) is 0.606. The molecule has 2 amide bonds. The van der Waals surface area contributed by atoms with E-state index in [1.165, 1.54) is 0 Å². The van der Waals surface area contributed by atoms with Crippen molar-refractivity contribution in [3.05, 3.63) is 54.1 Å². The first-order valence-corrected chi connectivity index (χ1v) is 10.7. The zero-order valence-corrected chi connectivity index (χ0v) is 19.8. The van der Waals surface area contributed by atoms with Gasteiger partial charge in [-0.05, 0) is 69.2 Å². The Bertz CT molecular complexity index is 873. The predicted molar refractivity (Wildman–Crippen MR) is 124 cm³/mol. The summed E-state index contributed by atoms with van der Waals surface area (Å²) in [5.74, 6) is 1.52. The van der Waals surface area contributed by atoms with Crippen LogP contribution in [0.4, 0.5) is 0 Å². The molecule has 7 nitrogen and oxygen atoms in total. The highest BCUT2D eigenvalue weighted by Gasteiger charge is 2.30. The molecule has 2 aromatic carbocycles. The van der Waals surface area contributed by atoms with Crippen molar-refractivity contribution in [2.45, 2.75) is 52.2 Å². The van der Waals surface area contributed by atoms with Crippen LogP contribution in [0.5, 0.6) is 17.2 Å². The van der Waals surface area contributed by atoms with Crippen molar-refractivity contribution < 1.29 is 23.8 Å². The molecule has 0 radical (unpaired) electrons. The first-order valence-electron chi connectivity index (χ1n) is 10.7. The van der Waals surface area contributed by atoms with Crippen LogP contribution in [0.1, 0.15) is 39.7 Å². The minimum Gasteiger partial charge on any atom is -0.497 e. The molecule has 0 heterocycles. The van der Waals surface area contributed by atoms with Gasteiger partial charge in [0.25, 0.3) is 5.91 Å². The molecule has 0 saturated carbocycles. The van der Waals surface area contributed by atoms with E-state index >= 15 is 0 Å². The molecule has 0 aliphatic rings. The fourth-order valence-corrected chi connectivity index (χ4v) is 3.20. The Morgan fingerprint density at radius 3 is 1.88 bits per heavy atom. The smallest absolute Gasteiger partial charge is 0.261 e. The molecule has 0 aliphatic carbocycles. The number of carbonyl (C=O) groups is 2. The molecule has 0 aromatic heterocycles. The minimum atomic E-state index is -0.622. The lowest BCUT2D eigenvalue weighted by Crippen LogP contribution is -2.54. The Morgan fingerprint density at radius 1 is 0.906 bits per heavy atom. The van der Waals surface area contributed by atoms with E-state index in [1.54, 1.807) is 43.4 Å². The van der Waals surface area contributed by atoms with Crippen LogP contribution < -0.4 is 19.5 Å². The molecule has 0 fully saturated rings. The number of amides is 2. The molecule has 0 bridgehead atoms. The van der Waals surface area contributed by atoms with Crippen LogP contribution in [0, 0.1) is 0 Å². The van der Waals surface area contributed by atoms with Gasteiger partial charge in [0.2, 0.25) is 5.91 Å². The average Bonchev–Trinajstić information content (AvgIpc) is 2.77. The van der Waals surface area contributed by atoms with Crippen molar-refractivity contribution in [3.8, 4) is 17.2 Å². The molecule has 0 unspecified atom stereocenters. The molecule has 1 atom stereocenters. The topological polar surface area (TPSA) is 77.1 Å². The van der Waals surface area contributed by atoms with Gasteiger partial charge in [-0.2, -0.15) is 0 Å². The van der Waals surface area contributed by atoms with Crippen molar-refractivity contribution in [2.24, 2.45) is 0 Å². The summed E-state index contributed by atoms with van der Waals surface area (Å²) in [6.45, 7) is 7.75. The number of hydrogen-bond acceptors (Lipinski definition) is 5. The Labute approximate surface area is 190 Å². The lowest BCUT2D eigenvalue weighted by molar-refractivity contribution is -0.143. The van der Waals surface area contributed by atoms with Gasteiger partial charge in [0.1, 0.15) is 23.3 Å². The number of benzene rings is 2. The van der Waals surface area contributed by atoms with E-state index in [4.69, 9.17) is 14.2 Å². The van der Waals surface area contributed by atoms with E-state index in [1.807, 2.05) is 52.0 Å². The van der Waals surface area contributed by atoms with Gasteiger partial charge in [-0.1, -0.05) is 19.1 Å². The van der Waals surface area contributed by atoms with Crippen molar-refractivity contribution in [2.75, 3.05) is 20.8 Å². The average molecular weight is 443 g/mol. The number of hydrogen-bond donors (Lipinski definition) is 1. The maximum absolute atomic E-state index is 13.2.